The molecule has 0 bridgehead atoms. The van der Waals surface area contributed by atoms with E-state index in [4.69, 9.17) is 0 Å². The molecule has 19 heavy (non-hydrogen) atoms. The van der Waals surface area contributed by atoms with Crippen molar-refractivity contribution in [2.45, 2.75) is 43.5 Å². The molecule has 1 aromatic rings. The highest BCUT2D eigenvalue weighted by Gasteiger charge is 2.31. The van der Waals surface area contributed by atoms with Crippen molar-refractivity contribution in [2.24, 2.45) is 0 Å². The first kappa shape index (κ1) is 14.5. The highest BCUT2D eigenvalue weighted by atomic mass is 32.2. The lowest BCUT2D eigenvalue weighted by Crippen LogP contribution is -2.41. The minimum absolute atomic E-state index is 0.106. The maximum atomic E-state index is 12.6. The Morgan fingerprint density at radius 2 is 1.89 bits per heavy atom. The van der Waals surface area contributed by atoms with E-state index in [1.807, 2.05) is 6.92 Å². The molecule has 2 rings (SSSR count). The Morgan fingerprint density at radius 3 is 2.53 bits per heavy atom. The van der Waals surface area contributed by atoms with Crippen LogP contribution in [0.2, 0.25) is 0 Å². The van der Waals surface area contributed by atoms with Crippen molar-refractivity contribution in [3.05, 3.63) is 29.8 Å². The molecule has 1 saturated heterocycles. The first-order valence-corrected chi connectivity index (χ1v) is 8.19. The molecule has 1 fully saturated rings. The fourth-order valence-corrected chi connectivity index (χ4v) is 4.18. The molecule has 1 N–H and O–H groups in total. The molecule has 1 aromatic carbocycles. The zero-order valence-electron chi connectivity index (χ0n) is 11.2. The van der Waals surface area contributed by atoms with E-state index in [0.717, 1.165) is 31.2 Å². The third-order valence-electron chi connectivity index (χ3n) is 3.66. The van der Waals surface area contributed by atoms with Gasteiger partial charge in [-0.2, -0.15) is 4.31 Å². The maximum Gasteiger partial charge on any atom is 0.243 e. The van der Waals surface area contributed by atoms with Gasteiger partial charge in [-0.1, -0.05) is 30.5 Å². The van der Waals surface area contributed by atoms with Gasteiger partial charge in [0.1, 0.15) is 0 Å². The van der Waals surface area contributed by atoms with Crippen LogP contribution in [0.5, 0.6) is 0 Å². The van der Waals surface area contributed by atoms with Crippen LogP contribution in [0.4, 0.5) is 0 Å². The molecule has 1 aliphatic heterocycles. The summed E-state index contributed by atoms with van der Waals surface area (Å²) in [5.41, 5.74) is 1.04. The lowest BCUT2D eigenvalue weighted by atomic mass is 10.1. The largest absolute Gasteiger partial charge is 0.395 e. The van der Waals surface area contributed by atoms with Crippen molar-refractivity contribution >= 4 is 10.0 Å². The van der Waals surface area contributed by atoms with Gasteiger partial charge in [-0.25, -0.2) is 8.42 Å². The number of nitrogens with zero attached hydrogens (tertiary/aromatic N) is 1. The average molecular weight is 283 g/mol. The molecular weight excluding hydrogens is 262 g/mol. The van der Waals surface area contributed by atoms with Crippen molar-refractivity contribution in [3.63, 3.8) is 0 Å². The second-order valence-corrected chi connectivity index (χ2v) is 7.01. The minimum atomic E-state index is -3.49. The van der Waals surface area contributed by atoms with Crippen molar-refractivity contribution in [2.75, 3.05) is 13.2 Å². The molecule has 1 unspecified atom stereocenters. The standard InChI is InChI=1S/C14H21NO3S/c1-12-6-8-14(9-7-12)19(17,18)15-10-4-2-3-5-13(15)11-16/h6-9,13,16H,2-5,10-11H2,1H3. The van der Waals surface area contributed by atoms with Crippen LogP contribution in [0, 0.1) is 6.92 Å². The number of benzene rings is 1. The molecule has 1 aliphatic rings. The highest BCUT2D eigenvalue weighted by Crippen LogP contribution is 2.24. The lowest BCUT2D eigenvalue weighted by molar-refractivity contribution is 0.186. The van der Waals surface area contributed by atoms with Gasteiger partial charge in [-0.3, -0.25) is 0 Å². The Hall–Kier alpha value is -0.910. The molecule has 0 radical (unpaired) electrons. The Labute approximate surface area is 115 Å². The van der Waals surface area contributed by atoms with Gasteiger partial charge in [0.05, 0.1) is 11.5 Å². The van der Waals surface area contributed by atoms with Crippen LogP contribution >= 0.6 is 0 Å². The van der Waals surface area contributed by atoms with E-state index < -0.39 is 10.0 Å². The van der Waals surface area contributed by atoms with E-state index in [9.17, 15) is 13.5 Å². The maximum absolute atomic E-state index is 12.6. The van der Waals surface area contributed by atoms with Crippen molar-refractivity contribution in [1.82, 2.24) is 4.31 Å². The quantitative estimate of drug-likeness (QED) is 0.922. The summed E-state index contributed by atoms with van der Waals surface area (Å²) in [6.07, 6.45) is 3.60. The van der Waals surface area contributed by atoms with Crippen molar-refractivity contribution in [1.29, 1.82) is 0 Å². The molecule has 1 heterocycles. The average Bonchev–Trinajstić information content (AvgIpc) is 2.64. The molecule has 4 nitrogen and oxygen atoms in total. The number of aliphatic hydroxyl groups excluding tert-OH is 1. The summed E-state index contributed by atoms with van der Waals surface area (Å²) in [4.78, 5) is 0.318. The van der Waals surface area contributed by atoms with Crippen molar-refractivity contribution in [3.8, 4) is 0 Å². The van der Waals surface area contributed by atoms with Gasteiger partial charge < -0.3 is 5.11 Å². The summed E-state index contributed by atoms with van der Waals surface area (Å²) >= 11 is 0. The van der Waals surface area contributed by atoms with Crippen LogP contribution < -0.4 is 0 Å². The van der Waals surface area contributed by atoms with Gasteiger partial charge in [0.15, 0.2) is 0 Å². The molecule has 106 valence electrons. The summed E-state index contributed by atoms with van der Waals surface area (Å²) in [6, 6.07) is 6.61. The van der Waals surface area contributed by atoms with Gasteiger partial charge >= 0.3 is 0 Å². The van der Waals surface area contributed by atoms with Crippen LogP contribution in [0.1, 0.15) is 31.2 Å². The summed E-state index contributed by atoms with van der Waals surface area (Å²) in [5, 5.41) is 9.43. The summed E-state index contributed by atoms with van der Waals surface area (Å²) in [6.45, 7) is 2.32. The van der Waals surface area contributed by atoms with E-state index in [-0.39, 0.29) is 12.6 Å². The molecular formula is C14H21NO3S. The molecule has 0 aromatic heterocycles. The summed E-state index contributed by atoms with van der Waals surface area (Å²) in [5.74, 6) is 0. The van der Waals surface area contributed by atoms with Crippen LogP contribution in [0.15, 0.2) is 29.2 Å². The second-order valence-electron chi connectivity index (χ2n) is 5.11. The number of aryl methyl sites for hydroxylation is 1. The second kappa shape index (κ2) is 6.03. The Bertz CT molecular complexity index is 510. The van der Waals surface area contributed by atoms with Crippen LogP contribution in [-0.4, -0.2) is 37.0 Å². The zero-order chi connectivity index (χ0) is 13.9. The Morgan fingerprint density at radius 1 is 1.21 bits per heavy atom. The fraction of sp³-hybridized carbons (Fsp3) is 0.571. The van der Waals surface area contributed by atoms with Crippen LogP contribution in [0.3, 0.4) is 0 Å². The predicted molar refractivity (Wildman–Crippen MR) is 74.4 cm³/mol. The first-order valence-electron chi connectivity index (χ1n) is 6.75. The summed E-state index contributed by atoms with van der Waals surface area (Å²) in [7, 11) is -3.49. The molecule has 5 heteroatoms. The van der Waals surface area contributed by atoms with E-state index >= 15 is 0 Å². The molecule has 0 spiro atoms. The number of hydrogen-bond donors (Lipinski definition) is 1. The SMILES string of the molecule is Cc1ccc(S(=O)(=O)N2CCCCCC2CO)cc1. The highest BCUT2D eigenvalue weighted by molar-refractivity contribution is 7.89. The van der Waals surface area contributed by atoms with Gasteiger partial charge in [0.25, 0.3) is 0 Å². The van der Waals surface area contributed by atoms with Crippen molar-refractivity contribution < 1.29 is 13.5 Å². The van der Waals surface area contributed by atoms with Crippen LogP contribution in [-0.2, 0) is 10.0 Å². The third kappa shape index (κ3) is 3.16. The van der Waals surface area contributed by atoms with Gasteiger partial charge in [0.2, 0.25) is 10.0 Å². The Kier molecular flexibility index (Phi) is 4.60. The fourth-order valence-electron chi connectivity index (χ4n) is 2.50. The molecule has 0 amide bonds. The summed E-state index contributed by atoms with van der Waals surface area (Å²) < 4.78 is 26.7. The van der Waals surface area contributed by atoms with Gasteiger partial charge in [-0.15, -0.1) is 0 Å². The monoisotopic (exact) mass is 283 g/mol. The zero-order valence-corrected chi connectivity index (χ0v) is 12.1. The lowest BCUT2D eigenvalue weighted by Gasteiger charge is -2.27. The number of hydrogen-bond acceptors (Lipinski definition) is 3. The smallest absolute Gasteiger partial charge is 0.243 e. The van der Waals surface area contributed by atoms with Crippen LogP contribution in [0.25, 0.3) is 0 Å². The number of aliphatic hydroxyl groups is 1. The van der Waals surface area contributed by atoms with E-state index in [1.54, 1.807) is 24.3 Å². The molecule has 1 atom stereocenters. The van der Waals surface area contributed by atoms with Gasteiger partial charge in [-0.05, 0) is 31.9 Å². The number of rotatable bonds is 3. The molecule has 0 saturated carbocycles. The topological polar surface area (TPSA) is 57.6 Å². The predicted octanol–water partition coefficient (Wildman–Crippen LogP) is 1.92. The van der Waals surface area contributed by atoms with E-state index in [2.05, 4.69) is 0 Å². The normalized spacial score (nSPS) is 22.1. The molecule has 0 aliphatic carbocycles. The first-order chi connectivity index (χ1) is 9.05. The number of sulfonamides is 1. The Balaban J connectivity index is 2.33. The minimum Gasteiger partial charge on any atom is -0.395 e. The van der Waals surface area contributed by atoms with Gasteiger partial charge in [0, 0.05) is 12.6 Å². The van der Waals surface area contributed by atoms with E-state index in [1.165, 1.54) is 4.31 Å². The van der Waals surface area contributed by atoms with E-state index in [0.29, 0.717) is 11.4 Å². The third-order valence-corrected chi connectivity index (χ3v) is 5.63.